The average Bonchev–Trinajstić information content (AvgIpc) is 2.68. The Labute approximate surface area is 160 Å². The number of carbonyl (C=O) groups is 1. The van der Waals surface area contributed by atoms with Gasteiger partial charge in [0.2, 0.25) is 0 Å². The van der Waals surface area contributed by atoms with Crippen LogP contribution in [-0.4, -0.2) is 37.4 Å². The molecule has 0 atom stereocenters. The molecule has 0 aromatic heterocycles. The lowest BCUT2D eigenvalue weighted by atomic mass is 10.1. The molecule has 2 aromatic carbocycles. The number of aliphatic imine (C=N–C) groups is 1. The van der Waals surface area contributed by atoms with Crippen molar-refractivity contribution in [2.75, 3.05) is 20.6 Å². The van der Waals surface area contributed by atoms with Crippen molar-refractivity contribution in [3.63, 3.8) is 0 Å². The standard InChI is InChI=1S/C21H27FN4O/c1-4-12-24-20(27)18-7-5-6-17(13-18)14-25-21(23-2)26(3)15-16-8-10-19(22)11-9-16/h5-11,13H,4,12,14-15H2,1-3H3,(H,23,25)(H,24,27). The van der Waals surface area contributed by atoms with E-state index in [9.17, 15) is 9.18 Å². The molecule has 0 bridgehead atoms. The minimum absolute atomic E-state index is 0.0588. The van der Waals surface area contributed by atoms with Gasteiger partial charge >= 0.3 is 0 Å². The molecule has 2 aromatic rings. The Morgan fingerprint density at radius 2 is 1.85 bits per heavy atom. The fourth-order valence-corrected chi connectivity index (χ4v) is 2.67. The summed E-state index contributed by atoms with van der Waals surface area (Å²) in [5, 5.41) is 6.18. The number of benzene rings is 2. The molecule has 0 aliphatic carbocycles. The largest absolute Gasteiger partial charge is 0.352 e. The highest BCUT2D eigenvalue weighted by Crippen LogP contribution is 2.08. The van der Waals surface area contributed by atoms with Gasteiger partial charge in [-0.3, -0.25) is 9.79 Å². The van der Waals surface area contributed by atoms with Crippen LogP contribution in [0.15, 0.2) is 53.5 Å². The van der Waals surface area contributed by atoms with Gasteiger partial charge in [0.05, 0.1) is 0 Å². The summed E-state index contributed by atoms with van der Waals surface area (Å²) in [6.07, 6.45) is 0.906. The van der Waals surface area contributed by atoms with E-state index in [-0.39, 0.29) is 11.7 Å². The molecule has 2 rings (SSSR count). The van der Waals surface area contributed by atoms with Crippen molar-refractivity contribution in [3.05, 3.63) is 71.0 Å². The SMILES string of the molecule is CCCNC(=O)c1cccc(CNC(=NC)N(C)Cc2ccc(F)cc2)c1. The molecule has 0 radical (unpaired) electrons. The van der Waals surface area contributed by atoms with E-state index in [2.05, 4.69) is 15.6 Å². The first-order valence-electron chi connectivity index (χ1n) is 9.07. The third kappa shape index (κ3) is 6.40. The Bertz CT molecular complexity index is 774. The molecule has 0 heterocycles. The average molecular weight is 370 g/mol. The summed E-state index contributed by atoms with van der Waals surface area (Å²) in [6, 6.07) is 14.0. The summed E-state index contributed by atoms with van der Waals surface area (Å²) in [4.78, 5) is 18.4. The highest BCUT2D eigenvalue weighted by atomic mass is 19.1. The van der Waals surface area contributed by atoms with Crippen molar-refractivity contribution in [2.24, 2.45) is 4.99 Å². The Morgan fingerprint density at radius 3 is 2.52 bits per heavy atom. The third-order valence-electron chi connectivity index (χ3n) is 4.08. The van der Waals surface area contributed by atoms with Crippen molar-refractivity contribution < 1.29 is 9.18 Å². The topological polar surface area (TPSA) is 56.7 Å². The number of hydrogen-bond donors (Lipinski definition) is 2. The minimum Gasteiger partial charge on any atom is -0.352 e. The van der Waals surface area contributed by atoms with Crippen LogP contribution in [0.3, 0.4) is 0 Å². The fraction of sp³-hybridized carbons (Fsp3) is 0.333. The maximum absolute atomic E-state index is 13.0. The van der Waals surface area contributed by atoms with Gasteiger partial charge in [-0.15, -0.1) is 0 Å². The number of carbonyl (C=O) groups excluding carboxylic acids is 1. The highest BCUT2D eigenvalue weighted by molar-refractivity contribution is 5.94. The van der Waals surface area contributed by atoms with Gasteiger partial charge in [0, 0.05) is 39.3 Å². The monoisotopic (exact) mass is 370 g/mol. The molecule has 0 saturated carbocycles. The number of nitrogens with one attached hydrogen (secondary N) is 2. The highest BCUT2D eigenvalue weighted by Gasteiger charge is 2.09. The van der Waals surface area contributed by atoms with Crippen LogP contribution in [0.4, 0.5) is 4.39 Å². The first kappa shape index (κ1) is 20.4. The predicted octanol–water partition coefficient (Wildman–Crippen LogP) is 3.17. The first-order chi connectivity index (χ1) is 13.0. The van der Waals surface area contributed by atoms with E-state index < -0.39 is 0 Å². The quantitative estimate of drug-likeness (QED) is 0.581. The summed E-state index contributed by atoms with van der Waals surface area (Å²) in [5.41, 5.74) is 2.64. The molecule has 0 saturated heterocycles. The minimum atomic E-state index is -0.244. The Morgan fingerprint density at radius 1 is 1.11 bits per heavy atom. The van der Waals surface area contributed by atoms with Crippen LogP contribution in [0.25, 0.3) is 0 Å². The second kappa shape index (κ2) is 10.3. The second-order valence-corrected chi connectivity index (χ2v) is 6.34. The summed E-state index contributed by atoms with van der Waals surface area (Å²) in [5.74, 6) is 0.420. The van der Waals surface area contributed by atoms with Gasteiger partial charge in [-0.1, -0.05) is 31.2 Å². The molecule has 0 fully saturated rings. The van der Waals surface area contributed by atoms with E-state index in [0.29, 0.717) is 25.2 Å². The zero-order valence-electron chi connectivity index (χ0n) is 16.1. The van der Waals surface area contributed by atoms with Crippen LogP contribution in [0.1, 0.15) is 34.8 Å². The first-order valence-corrected chi connectivity index (χ1v) is 9.07. The second-order valence-electron chi connectivity index (χ2n) is 6.34. The van der Waals surface area contributed by atoms with Crippen molar-refractivity contribution in [1.82, 2.24) is 15.5 Å². The fourth-order valence-electron chi connectivity index (χ4n) is 2.67. The zero-order valence-corrected chi connectivity index (χ0v) is 16.1. The lowest BCUT2D eigenvalue weighted by Gasteiger charge is -2.22. The molecule has 0 spiro atoms. The van der Waals surface area contributed by atoms with E-state index in [1.54, 1.807) is 19.2 Å². The number of rotatable bonds is 7. The number of guanidine groups is 1. The molecule has 2 N–H and O–H groups in total. The molecule has 5 nitrogen and oxygen atoms in total. The Hall–Kier alpha value is -2.89. The van der Waals surface area contributed by atoms with Gasteiger partial charge in [-0.2, -0.15) is 0 Å². The van der Waals surface area contributed by atoms with Crippen molar-refractivity contribution >= 4 is 11.9 Å². The lowest BCUT2D eigenvalue weighted by Crippen LogP contribution is -2.38. The summed E-state index contributed by atoms with van der Waals surface area (Å²) in [6.45, 7) is 3.85. The zero-order chi connectivity index (χ0) is 19.6. The molecule has 0 aliphatic heterocycles. The van der Waals surface area contributed by atoms with Gasteiger partial charge in [0.1, 0.15) is 5.82 Å². The van der Waals surface area contributed by atoms with Crippen LogP contribution < -0.4 is 10.6 Å². The van der Waals surface area contributed by atoms with Crippen molar-refractivity contribution in [3.8, 4) is 0 Å². The molecule has 0 unspecified atom stereocenters. The number of nitrogens with zero attached hydrogens (tertiary/aromatic N) is 2. The third-order valence-corrected chi connectivity index (χ3v) is 4.08. The maximum Gasteiger partial charge on any atom is 0.251 e. The Balaban J connectivity index is 1.95. The van der Waals surface area contributed by atoms with Gasteiger partial charge < -0.3 is 15.5 Å². The van der Waals surface area contributed by atoms with Gasteiger partial charge in [-0.05, 0) is 41.8 Å². The van der Waals surface area contributed by atoms with Crippen LogP contribution in [-0.2, 0) is 13.1 Å². The molecule has 0 aliphatic rings. The van der Waals surface area contributed by atoms with Gasteiger partial charge in [0.25, 0.3) is 5.91 Å². The van der Waals surface area contributed by atoms with Gasteiger partial charge in [-0.25, -0.2) is 4.39 Å². The summed E-state index contributed by atoms with van der Waals surface area (Å²) >= 11 is 0. The summed E-state index contributed by atoms with van der Waals surface area (Å²) < 4.78 is 13.0. The number of hydrogen-bond acceptors (Lipinski definition) is 2. The van der Waals surface area contributed by atoms with Crippen molar-refractivity contribution in [1.29, 1.82) is 0 Å². The molecule has 144 valence electrons. The normalized spacial score (nSPS) is 11.2. The number of halogens is 1. The molecular weight excluding hydrogens is 343 g/mol. The number of amides is 1. The van der Waals surface area contributed by atoms with Gasteiger partial charge in [0.15, 0.2) is 5.96 Å². The predicted molar refractivity (Wildman–Crippen MR) is 107 cm³/mol. The molecule has 1 amide bonds. The van der Waals surface area contributed by atoms with Crippen molar-refractivity contribution in [2.45, 2.75) is 26.4 Å². The van der Waals surface area contributed by atoms with E-state index in [1.807, 2.05) is 43.1 Å². The van der Waals surface area contributed by atoms with E-state index in [0.717, 1.165) is 23.5 Å². The van der Waals surface area contributed by atoms with Crippen LogP contribution in [0, 0.1) is 5.82 Å². The summed E-state index contributed by atoms with van der Waals surface area (Å²) in [7, 11) is 3.64. The maximum atomic E-state index is 13.0. The molecular formula is C21H27FN4O. The molecule has 6 heteroatoms. The Kier molecular flexibility index (Phi) is 7.79. The van der Waals surface area contributed by atoms with E-state index >= 15 is 0 Å². The van der Waals surface area contributed by atoms with E-state index in [1.165, 1.54) is 12.1 Å². The lowest BCUT2D eigenvalue weighted by molar-refractivity contribution is 0.0953. The van der Waals surface area contributed by atoms with Crippen LogP contribution in [0.5, 0.6) is 0 Å². The smallest absolute Gasteiger partial charge is 0.251 e. The molecule has 27 heavy (non-hydrogen) atoms. The van der Waals surface area contributed by atoms with Crippen LogP contribution >= 0.6 is 0 Å². The van der Waals surface area contributed by atoms with E-state index in [4.69, 9.17) is 0 Å². The van der Waals surface area contributed by atoms with Crippen LogP contribution in [0.2, 0.25) is 0 Å².